The first-order chi connectivity index (χ1) is 7.72. The van der Waals surface area contributed by atoms with E-state index in [1.165, 1.54) is 11.3 Å². The fourth-order valence-corrected chi connectivity index (χ4v) is 1.63. The second-order valence-corrected chi connectivity index (χ2v) is 3.52. The van der Waals surface area contributed by atoms with Gasteiger partial charge in [0.15, 0.2) is 0 Å². The van der Waals surface area contributed by atoms with Gasteiger partial charge in [0.1, 0.15) is 5.75 Å². The Balaban J connectivity index is 2.17. The topological polar surface area (TPSA) is 46.6 Å². The summed E-state index contributed by atoms with van der Waals surface area (Å²) in [6, 6.07) is 6.73. The first kappa shape index (κ1) is 10.7. The maximum Gasteiger partial charge on any atom is 0.260 e. The summed E-state index contributed by atoms with van der Waals surface area (Å²) in [7, 11) is 1.57. The Morgan fingerprint density at radius 1 is 1.31 bits per heavy atom. The number of nitrogens with zero attached hydrogens (tertiary/aromatic N) is 1. The van der Waals surface area contributed by atoms with Crippen molar-refractivity contribution in [1.29, 1.82) is 0 Å². The highest BCUT2D eigenvalue weighted by molar-refractivity contribution is 6.08. The number of amides is 2. The maximum atomic E-state index is 11.9. The summed E-state index contributed by atoms with van der Waals surface area (Å²) in [5.41, 5.74) is 0.504. The van der Waals surface area contributed by atoms with E-state index >= 15 is 0 Å². The van der Waals surface area contributed by atoms with Crippen molar-refractivity contribution in [2.45, 2.75) is 6.42 Å². The molecule has 0 saturated carbocycles. The zero-order valence-electron chi connectivity index (χ0n) is 8.97. The average molecular weight is 218 g/mol. The first-order valence-corrected chi connectivity index (χ1v) is 5.05. The molecule has 0 bridgehead atoms. The summed E-state index contributed by atoms with van der Waals surface area (Å²) in [5, 5.41) is 0. The van der Waals surface area contributed by atoms with Crippen LogP contribution >= 0.6 is 0 Å². The molecule has 0 spiro atoms. The van der Waals surface area contributed by atoms with Crippen molar-refractivity contribution in [3.8, 4) is 5.75 Å². The first-order valence-electron chi connectivity index (χ1n) is 5.05. The Hall–Kier alpha value is -1.84. The van der Waals surface area contributed by atoms with Gasteiger partial charge in [0, 0.05) is 12.1 Å². The molecular weight excluding hydrogens is 206 g/mol. The van der Waals surface area contributed by atoms with Crippen LogP contribution in [0.4, 0.5) is 0 Å². The van der Waals surface area contributed by atoms with E-state index in [4.69, 9.17) is 4.74 Å². The number of methoxy groups -OCH3 is 1. The van der Waals surface area contributed by atoms with E-state index in [9.17, 15) is 9.59 Å². The zero-order valence-corrected chi connectivity index (χ0v) is 8.97. The molecular formula is C12H12NO3. The number of imide groups is 1. The quantitative estimate of drug-likeness (QED) is 0.702. The Bertz CT molecular complexity index is 411. The zero-order chi connectivity index (χ0) is 11.5. The van der Waals surface area contributed by atoms with Crippen molar-refractivity contribution in [2.24, 2.45) is 0 Å². The minimum atomic E-state index is -0.249. The van der Waals surface area contributed by atoms with Gasteiger partial charge in [-0.3, -0.25) is 14.5 Å². The Labute approximate surface area is 93.8 Å². The van der Waals surface area contributed by atoms with E-state index < -0.39 is 0 Å². The summed E-state index contributed by atoms with van der Waals surface area (Å²) in [6.45, 7) is 0.476. The molecule has 1 radical (unpaired) electrons. The molecule has 0 unspecified atom stereocenters. The van der Waals surface area contributed by atoms with Crippen LogP contribution in [0.2, 0.25) is 0 Å². The van der Waals surface area contributed by atoms with E-state index in [1.54, 1.807) is 31.4 Å². The van der Waals surface area contributed by atoms with Gasteiger partial charge in [-0.2, -0.15) is 0 Å². The van der Waals surface area contributed by atoms with Crippen LogP contribution in [0.25, 0.3) is 0 Å². The van der Waals surface area contributed by atoms with Gasteiger partial charge < -0.3 is 4.74 Å². The molecule has 4 nitrogen and oxygen atoms in total. The monoisotopic (exact) mass is 218 g/mol. The molecule has 1 fully saturated rings. The number of likely N-dealkylation sites (tertiary alicyclic amines) is 1. The Kier molecular flexibility index (Phi) is 2.90. The number of hydrogen-bond donors (Lipinski definition) is 0. The molecule has 0 atom stereocenters. The van der Waals surface area contributed by atoms with Crippen LogP contribution in [0.15, 0.2) is 24.3 Å². The summed E-state index contributed by atoms with van der Waals surface area (Å²) in [5.74, 6) is 0.234. The summed E-state index contributed by atoms with van der Waals surface area (Å²) < 4.78 is 5.00. The van der Waals surface area contributed by atoms with Gasteiger partial charge in [-0.05, 0) is 30.7 Å². The number of ether oxygens (including phenoxy) is 1. The lowest BCUT2D eigenvalue weighted by Crippen LogP contribution is -2.31. The van der Waals surface area contributed by atoms with Crippen molar-refractivity contribution in [2.75, 3.05) is 13.7 Å². The predicted molar refractivity (Wildman–Crippen MR) is 58.0 cm³/mol. The third-order valence-electron chi connectivity index (χ3n) is 2.52. The fraction of sp³-hybridized carbons (Fsp3) is 0.250. The van der Waals surface area contributed by atoms with Crippen LogP contribution < -0.4 is 4.74 Å². The molecule has 2 rings (SSSR count). The van der Waals surface area contributed by atoms with Gasteiger partial charge in [0.2, 0.25) is 5.91 Å². The van der Waals surface area contributed by atoms with Crippen molar-refractivity contribution in [3.05, 3.63) is 36.2 Å². The van der Waals surface area contributed by atoms with E-state index in [0.29, 0.717) is 24.3 Å². The lowest BCUT2D eigenvalue weighted by molar-refractivity contribution is -0.122. The molecule has 1 aromatic rings. The third-order valence-corrected chi connectivity index (χ3v) is 2.52. The molecule has 0 aromatic heterocycles. The molecule has 1 aromatic carbocycles. The lowest BCUT2D eigenvalue weighted by Gasteiger charge is -2.13. The van der Waals surface area contributed by atoms with Crippen molar-refractivity contribution >= 4 is 11.8 Å². The van der Waals surface area contributed by atoms with Gasteiger partial charge in [0.25, 0.3) is 5.91 Å². The molecule has 83 valence electrons. The average Bonchev–Trinajstić information content (AvgIpc) is 2.75. The Morgan fingerprint density at radius 3 is 2.50 bits per heavy atom. The number of benzene rings is 1. The number of carbonyl (C=O) groups is 2. The van der Waals surface area contributed by atoms with Crippen LogP contribution in [0.3, 0.4) is 0 Å². The number of rotatable bonds is 2. The van der Waals surface area contributed by atoms with Crippen molar-refractivity contribution < 1.29 is 14.3 Å². The fourth-order valence-electron chi connectivity index (χ4n) is 1.63. The SMILES string of the molecule is COc1ccc(C(=O)N2CC[CH]C2=O)cc1. The van der Waals surface area contributed by atoms with Gasteiger partial charge in [-0.25, -0.2) is 0 Å². The molecule has 2 amide bonds. The number of hydrogen-bond acceptors (Lipinski definition) is 3. The normalized spacial score (nSPS) is 15.3. The van der Waals surface area contributed by atoms with Crippen LogP contribution in [0.1, 0.15) is 16.8 Å². The second kappa shape index (κ2) is 4.35. The van der Waals surface area contributed by atoms with E-state index in [-0.39, 0.29) is 11.8 Å². The van der Waals surface area contributed by atoms with Crippen molar-refractivity contribution in [1.82, 2.24) is 4.90 Å². The van der Waals surface area contributed by atoms with Crippen LogP contribution in [0, 0.1) is 6.42 Å². The van der Waals surface area contributed by atoms with Gasteiger partial charge >= 0.3 is 0 Å². The predicted octanol–water partition coefficient (Wildman–Crippen LogP) is 1.27. The van der Waals surface area contributed by atoms with Gasteiger partial charge in [0.05, 0.1) is 13.5 Å². The molecule has 16 heavy (non-hydrogen) atoms. The van der Waals surface area contributed by atoms with Gasteiger partial charge in [-0.1, -0.05) is 0 Å². The highest BCUT2D eigenvalue weighted by Gasteiger charge is 2.27. The third kappa shape index (κ3) is 1.91. The van der Waals surface area contributed by atoms with Crippen molar-refractivity contribution in [3.63, 3.8) is 0 Å². The lowest BCUT2D eigenvalue weighted by atomic mass is 10.2. The summed E-state index contributed by atoms with van der Waals surface area (Å²) in [6.07, 6.45) is 2.17. The van der Waals surface area contributed by atoms with Crippen LogP contribution in [-0.2, 0) is 4.79 Å². The molecule has 1 heterocycles. The standard InChI is InChI=1S/C12H12NO3/c1-16-10-6-4-9(5-7-10)12(15)13-8-2-3-11(13)14/h3-7H,2,8H2,1H3. The maximum absolute atomic E-state index is 11.9. The van der Waals surface area contributed by atoms with Gasteiger partial charge in [-0.15, -0.1) is 0 Å². The summed E-state index contributed by atoms with van der Waals surface area (Å²) >= 11 is 0. The largest absolute Gasteiger partial charge is 0.497 e. The Morgan fingerprint density at radius 2 is 2.00 bits per heavy atom. The molecule has 4 heteroatoms. The smallest absolute Gasteiger partial charge is 0.260 e. The molecule has 0 N–H and O–H groups in total. The number of carbonyl (C=O) groups excluding carboxylic acids is 2. The van der Waals surface area contributed by atoms with E-state index in [2.05, 4.69) is 0 Å². The molecule has 1 aliphatic rings. The minimum absolute atomic E-state index is 0.208. The molecule has 1 saturated heterocycles. The van der Waals surface area contributed by atoms with Crippen LogP contribution in [-0.4, -0.2) is 30.4 Å². The second-order valence-electron chi connectivity index (χ2n) is 3.52. The van der Waals surface area contributed by atoms with Crippen LogP contribution in [0.5, 0.6) is 5.75 Å². The van der Waals surface area contributed by atoms with E-state index in [0.717, 1.165) is 0 Å². The molecule has 1 aliphatic heterocycles. The highest BCUT2D eigenvalue weighted by atomic mass is 16.5. The summed E-state index contributed by atoms with van der Waals surface area (Å²) in [4.78, 5) is 24.5. The van der Waals surface area contributed by atoms with E-state index in [1.807, 2.05) is 0 Å². The molecule has 0 aliphatic carbocycles. The highest BCUT2D eigenvalue weighted by Crippen LogP contribution is 2.16. The minimum Gasteiger partial charge on any atom is -0.497 e.